The van der Waals surface area contributed by atoms with E-state index in [1.807, 2.05) is 0 Å². The van der Waals surface area contributed by atoms with Crippen LogP contribution in [0.2, 0.25) is 0 Å². The van der Waals surface area contributed by atoms with Crippen LogP contribution in [-0.2, 0) is 14.3 Å². The average molecular weight is 244 g/mol. The third kappa shape index (κ3) is 6.18. The molecular formula is C10H16N2O5. The van der Waals surface area contributed by atoms with Gasteiger partial charge in [0, 0.05) is 14.1 Å². The van der Waals surface area contributed by atoms with Crippen molar-refractivity contribution in [2.24, 2.45) is 0 Å². The number of hydrogen-bond acceptors (Lipinski definition) is 4. The average Bonchev–Trinajstić information content (AvgIpc) is 2.24. The van der Waals surface area contributed by atoms with Gasteiger partial charge in [-0.2, -0.15) is 0 Å². The number of carbonyl (C=O) groups excluding carboxylic acids is 2. The van der Waals surface area contributed by atoms with Crippen molar-refractivity contribution in [3.05, 3.63) is 12.7 Å². The van der Waals surface area contributed by atoms with Gasteiger partial charge in [-0.25, -0.2) is 9.59 Å². The largest absolute Gasteiger partial charge is 0.480 e. The van der Waals surface area contributed by atoms with E-state index < -0.39 is 24.0 Å². The number of carbonyl (C=O) groups is 3. The second kappa shape index (κ2) is 7.26. The molecule has 0 unspecified atom stereocenters. The van der Waals surface area contributed by atoms with E-state index in [1.54, 1.807) is 0 Å². The predicted octanol–water partition coefficient (Wildman–Crippen LogP) is -0.170. The summed E-state index contributed by atoms with van der Waals surface area (Å²) in [5.41, 5.74) is 0. The molecule has 0 aromatic rings. The molecule has 0 spiro atoms. The van der Waals surface area contributed by atoms with E-state index in [9.17, 15) is 14.4 Å². The van der Waals surface area contributed by atoms with Crippen molar-refractivity contribution in [1.82, 2.24) is 10.2 Å². The van der Waals surface area contributed by atoms with E-state index in [1.165, 1.54) is 25.1 Å². The number of nitrogens with zero attached hydrogens (tertiary/aromatic N) is 1. The lowest BCUT2D eigenvalue weighted by atomic mass is 10.2. The summed E-state index contributed by atoms with van der Waals surface area (Å²) < 4.78 is 4.56. The van der Waals surface area contributed by atoms with Gasteiger partial charge < -0.3 is 20.1 Å². The van der Waals surface area contributed by atoms with Crippen LogP contribution in [-0.4, -0.2) is 54.7 Å². The van der Waals surface area contributed by atoms with Crippen LogP contribution in [0.25, 0.3) is 0 Å². The molecule has 0 rings (SSSR count). The second-order valence-corrected chi connectivity index (χ2v) is 3.41. The van der Waals surface area contributed by atoms with Gasteiger partial charge in [0.05, 0.1) is 6.42 Å². The molecule has 0 aliphatic rings. The van der Waals surface area contributed by atoms with Crippen molar-refractivity contribution in [2.45, 2.75) is 12.5 Å². The first-order valence-corrected chi connectivity index (χ1v) is 4.85. The summed E-state index contributed by atoms with van der Waals surface area (Å²) in [6.45, 7) is 3.31. The van der Waals surface area contributed by atoms with Crippen LogP contribution >= 0.6 is 0 Å². The first-order chi connectivity index (χ1) is 7.88. The van der Waals surface area contributed by atoms with Gasteiger partial charge in [-0.15, -0.1) is 0 Å². The van der Waals surface area contributed by atoms with Gasteiger partial charge in [-0.1, -0.05) is 12.7 Å². The molecule has 0 radical (unpaired) electrons. The molecule has 0 aromatic heterocycles. The number of aliphatic carboxylic acids is 1. The van der Waals surface area contributed by atoms with Crippen molar-refractivity contribution < 1.29 is 24.2 Å². The SMILES string of the molecule is C=CCOC(=O)N[C@@H](CC(=O)N(C)C)C(=O)O. The highest BCUT2D eigenvalue weighted by Crippen LogP contribution is 1.97. The van der Waals surface area contributed by atoms with Gasteiger partial charge in [-0.05, 0) is 0 Å². The highest BCUT2D eigenvalue weighted by Gasteiger charge is 2.24. The lowest BCUT2D eigenvalue weighted by Gasteiger charge is -2.16. The van der Waals surface area contributed by atoms with E-state index in [-0.39, 0.29) is 13.0 Å². The molecule has 0 aliphatic carbocycles. The summed E-state index contributed by atoms with van der Waals surface area (Å²) in [7, 11) is 2.99. The quantitative estimate of drug-likeness (QED) is 0.632. The molecule has 2 amide bonds. The van der Waals surface area contributed by atoms with Crippen LogP contribution in [0, 0.1) is 0 Å². The minimum Gasteiger partial charge on any atom is -0.480 e. The van der Waals surface area contributed by atoms with Crippen LogP contribution < -0.4 is 5.32 Å². The molecule has 0 saturated carbocycles. The minimum atomic E-state index is -1.30. The fourth-order valence-corrected chi connectivity index (χ4v) is 0.876. The zero-order valence-corrected chi connectivity index (χ0v) is 9.80. The summed E-state index contributed by atoms with van der Waals surface area (Å²) in [4.78, 5) is 34.5. The van der Waals surface area contributed by atoms with Crippen LogP contribution in [0.4, 0.5) is 4.79 Å². The Morgan fingerprint density at radius 3 is 2.47 bits per heavy atom. The molecule has 96 valence electrons. The minimum absolute atomic E-state index is 0.0280. The summed E-state index contributed by atoms with van der Waals surface area (Å²) in [6, 6.07) is -1.30. The number of ether oxygens (including phenoxy) is 1. The molecule has 0 fully saturated rings. The van der Waals surface area contributed by atoms with Crippen LogP contribution in [0.15, 0.2) is 12.7 Å². The number of amides is 2. The Hall–Kier alpha value is -2.05. The van der Waals surface area contributed by atoms with Crippen LogP contribution in [0.1, 0.15) is 6.42 Å². The Labute approximate surface area is 99.0 Å². The van der Waals surface area contributed by atoms with Gasteiger partial charge in [0.25, 0.3) is 0 Å². The zero-order valence-electron chi connectivity index (χ0n) is 9.80. The molecule has 2 N–H and O–H groups in total. The van der Waals surface area contributed by atoms with Gasteiger partial charge in [0.1, 0.15) is 12.6 Å². The monoisotopic (exact) mass is 244 g/mol. The topological polar surface area (TPSA) is 95.9 Å². The molecule has 1 atom stereocenters. The lowest BCUT2D eigenvalue weighted by molar-refractivity contribution is -0.142. The van der Waals surface area contributed by atoms with Gasteiger partial charge >= 0.3 is 12.1 Å². The van der Waals surface area contributed by atoms with Crippen LogP contribution in [0.3, 0.4) is 0 Å². The van der Waals surface area contributed by atoms with E-state index >= 15 is 0 Å². The maximum Gasteiger partial charge on any atom is 0.408 e. The van der Waals surface area contributed by atoms with Crippen molar-refractivity contribution >= 4 is 18.0 Å². The molecule has 17 heavy (non-hydrogen) atoms. The fraction of sp³-hybridized carbons (Fsp3) is 0.500. The smallest absolute Gasteiger partial charge is 0.408 e. The molecule has 0 heterocycles. The van der Waals surface area contributed by atoms with E-state index in [2.05, 4.69) is 16.6 Å². The molecule has 0 aromatic carbocycles. The summed E-state index contributed by atoms with van der Waals surface area (Å²) >= 11 is 0. The summed E-state index contributed by atoms with van der Waals surface area (Å²) in [5.74, 6) is -1.70. The Morgan fingerprint density at radius 2 is 2.06 bits per heavy atom. The Kier molecular flexibility index (Phi) is 6.39. The van der Waals surface area contributed by atoms with Gasteiger partial charge in [-0.3, -0.25) is 4.79 Å². The maximum atomic E-state index is 11.3. The molecule has 7 nitrogen and oxygen atoms in total. The number of rotatable bonds is 6. The molecular weight excluding hydrogens is 228 g/mol. The predicted molar refractivity (Wildman–Crippen MR) is 59.4 cm³/mol. The first kappa shape index (κ1) is 14.9. The Bertz CT molecular complexity index is 314. The lowest BCUT2D eigenvalue weighted by Crippen LogP contribution is -2.44. The van der Waals surface area contributed by atoms with E-state index in [4.69, 9.17) is 5.11 Å². The zero-order chi connectivity index (χ0) is 13.4. The third-order valence-corrected chi connectivity index (χ3v) is 1.80. The van der Waals surface area contributed by atoms with E-state index in [0.29, 0.717) is 0 Å². The Balaban J connectivity index is 4.34. The van der Waals surface area contributed by atoms with Crippen molar-refractivity contribution in [3.8, 4) is 0 Å². The maximum absolute atomic E-state index is 11.3. The molecule has 0 aliphatic heterocycles. The normalized spacial score (nSPS) is 11.2. The van der Waals surface area contributed by atoms with Gasteiger partial charge in [0.2, 0.25) is 5.91 Å². The number of carboxylic acids is 1. The first-order valence-electron chi connectivity index (χ1n) is 4.85. The second-order valence-electron chi connectivity index (χ2n) is 3.41. The number of alkyl carbamates (subject to hydrolysis) is 1. The highest BCUT2D eigenvalue weighted by atomic mass is 16.5. The molecule has 7 heteroatoms. The van der Waals surface area contributed by atoms with E-state index in [0.717, 1.165) is 0 Å². The highest BCUT2D eigenvalue weighted by molar-refractivity contribution is 5.86. The summed E-state index contributed by atoms with van der Waals surface area (Å²) in [6.07, 6.45) is 0.120. The van der Waals surface area contributed by atoms with Crippen molar-refractivity contribution in [1.29, 1.82) is 0 Å². The van der Waals surface area contributed by atoms with Crippen molar-refractivity contribution in [3.63, 3.8) is 0 Å². The van der Waals surface area contributed by atoms with Crippen molar-refractivity contribution in [2.75, 3.05) is 20.7 Å². The number of nitrogens with one attached hydrogen (secondary N) is 1. The molecule has 0 saturated heterocycles. The molecule has 0 bridgehead atoms. The Morgan fingerprint density at radius 1 is 1.47 bits per heavy atom. The standard InChI is InChI=1S/C10H16N2O5/c1-4-5-17-10(16)11-7(9(14)15)6-8(13)12(2)3/h4,7H,1,5-6H2,2-3H3,(H,11,16)(H,14,15)/t7-/m0/s1. The number of carboxylic acid groups (broad SMARTS) is 1. The third-order valence-electron chi connectivity index (χ3n) is 1.80. The number of hydrogen-bond donors (Lipinski definition) is 2. The summed E-state index contributed by atoms with van der Waals surface area (Å²) in [5, 5.41) is 10.9. The van der Waals surface area contributed by atoms with Gasteiger partial charge in [0.15, 0.2) is 0 Å². The fourth-order valence-electron chi connectivity index (χ4n) is 0.876. The van der Waals surface area contributed by atoms with Crippen LogP contribution in [0.5, 0.6) is 0 Å².